The van der Waals surface area contributed by atoms with E-state index in [2.05, 4.69) is 4.74 Å². The molecule has 0 aliphatic carbocycles. The second kappa shape index (κ2) is 5.67. The number of methoxy groups -OCH3 is 1. The van der Waals surface area contributed by atoms with Crippen molar-refractivity contribution in [3.8, 4) is 0 Å². The van der Waals surface area contributed by atoms with E-state index in [1.165, 1.54) is 13.2 Å². The van der Waals surface area contributed by atoms with Crippen LogP contribution < -0.4 is 0 Å². The molecule has 118 valence electrons. The van der Waals surface area contributed by atoms with Crippen LogP contribution in [0.2, 0.25) is 0 Å². The molecule has 2 aliphatic rings. The summed E-state index contributed by atoms with van der Waals surface area (Å²) in [6.07, 6.45) is 2.52. The highest BCUT2D eigenvalue weighted by Crippen LogP contribution is 2.39. The molecule has 0 saturated carbocycles. The fraction of sp³-hybridized carbons (Fsp3) is 0.733. The molecule has 0 aromatic heterocycles. The zero-order valence-electron chi connectivity index (χ0n) is 13.1. The van der Waals surface area contributed by atoms with Gasteiger partial charge in [0.2, 0.25) is 0 Å². The summed E-state index contributed by atoms with van der Waals surface area (Å²) >= 11 is 0. The Hall–Kier alpha value is -1.56. The van der Waals surface area contributed by atoms with Gasteiger partial charge in [0, 0.05) is 12.6 Å². The van der Waals surface area contributed by atoms with Crippen LogP contribution >= 0.6 is 0 Å². The summed E-state index contributed by atoms with van der Waals surface area (Å²) in [4.78, 5) is 25.2. The quantitative estimate of drug-likeness (QED) is 0.546. The lowest BCUT2D eigenvalue weighted by Crippen LogP contribution is -2.39. The number of amides is 1. The van der Waals surface area contributed by atoms with E-state index in [4.69, 9.17) is 9.47 Å². The minimum absolute atomic E-state index is 0.340. The van der Waals surface area contributed by atoms with Gasteiger partial charge in [0.15, 0.2) is 0 Å². The van der Waals surface area contributed by atoms with Crippen LogP contribution in [-0.2, 0) is 19.0 Å². The SMILES string of the molecule is COC(=O)/C=C1/CCOC12CCN(C(=O)OC(C)(C)C)C2. The summed E-state index contributed by atoms with van der Waals surface area (Å²) in [5.74, 6) is -0.384. The van der Waals surface area contributed by atoms with Crippen molar-refractivity contribution in [3.05, 3.63) is 11.6 Å². The molecule has 21 heavy (non-hydrogen) atoms. The summed E-state index contributed by atoms with van der Waals surface area (Å²) in [5.41, 5.74) is -0.167. The lowest BCUT2D eigenvalue weighted by atomic mass is 9.92. The Kier molecular flexibility index (Phi) is 4.27. The molecule has 1 spiro atoms. The molecule has 2 saturated heterocycles. The number of ether oxygens (including phenoxy) is 3. The van der Waals surface area contributed by atoms with Gasteiger partial charge >= 0.3 is 12.1 Å². The van der Waals surface area contributed by atoms with Crippen LogP contribution in [0.1, 0.15) is 33.6 Å². The second-order valence-electron chi connectivity index (χ2n) is 6.44. The van der Waals surface area contributed by atoms with Crippen molar-refractivity contribution < 1.29 is 23.8 Å². The van der Waals surface area contributed by atoms with Crippen LogP contribution in [0, 0.1) is 0 Å². The normalized spacial score (nSPS) is 27.4. The summed E-state index contributed by atoms with van der Waals surface area (Å²) < 4.78 is 15.9. The molecule has 6 nitrogen and oxygen atoms in total. The first-order chi connectivity index (χ1) is 9.76. The number of rotatable bonds is 1. The van der Waals surface area contributed by atoms with Crippen molar-refractivity contribution in [2.24, 2.45) is 0 Å². The molecule has 2 aliphatic heterocycles. The highest BCUT2D eigenvalue weighted by molar-refractivity contribution is 5.83. The van der Waals surface area contributed by atoms with E-state index >= 15 is 0 Å². The number of carbonyl (C=O) groups excluding carboxylic acids is 2. The lowest BCUT2D eigenvalue weighted by Gasteiger charge is -2.27. The maximum Gasteiger partial charge on any atom is 0.410 e. The smallest absolute Gasteiger partial charge is 0.410 e. The van der Waals surface area contributed by atoms with Gasteiger partial charge in [-0.2, -0.15) is 0 Å². The molecule has 0 radical (unpaired) electrons. The van der Waals surface area contributed by atoms with Crippen LogP contribution in [0.15, 0.2) is 11.6 Å². The number of esters is 1. The maximum atomic E-state index is 12.1. The molecule has 0 N–H and O–H groups in total. The van der Waals surface area contributed by atoms with Crippen molar-refractivity contribution in [1.82, 2.24) is 4.90 Å². The summed E-state index contributed by atoms with van der Waals surface area (Å²) in [6, 6.07) is 0. The zero-order chi connectivity index (χ0) is 15.7. The molecular weight excluding hydrogens is 274 g/mol. The van der Waals surface area contributed by atoms with E-state index in [-0.39, 0.29) is 12.1 Å². The number of carbonyl (C=O) groups is 2. The first-order valence-electron chi connectivity index (χ1n) is 7.17. The molecule has 2 heterocycles. The Balaban J connectivity index is 2.08. The lowest BCUT2D eigenvalue weighted by molar-refractivity contribution is -0.135. The third kappa shape index (κ3) is 3.56. The average molecular weight is 297 g/mol. The van der Waals surface area contributed by atoms with Crippen molar-refractivity contribution >= 4 is 12.1 Å². The minimum Gasteiger partial charge on any atom is -0.466 e. The molecule has 1 unspecified atom stereocenters. The Morgan fingerprint density at radius 3 is 2.71 bits per heavy atom. The molecule has 2 rings (SSSR count). The van der Waals surface area contributed by atoms with E-state index in [0.29, 0.717) is 32.5 Å². The zero-order valence-corrected chi connectivity index (χ0v) is 13.1. The maximum absolute atomic E-state index is 12.1. The third-order valence-corrected chi connectivity index (χ3v) is 3.71. The van der Waals surface area contributed by atoms with E-state index in [1.54, 1.807) is 4.90 Å². The monoisotopic (exact) mass is 297 g/mol. The van der Waals surface area contributed by atoms with Gasteiger partial charge in [0.05, 0.1) is 20.3 Å². The number of hydrogen-bond donors (Lipinski definition) is 0. The van der Waals surface area contributed by atoms with Crippen LogP contribution in [0.5, 0.6) is 0 Å². The number of likely N-dealkylation sites (tertiary alicyclic amines) is 1. The van der Waals surface area contributed by atoms with Gasteiger partial charge in [-0.05, 0) is 39.2 Å². The molecule has 6 heteroatoms. The van der Waals surface area contributed by atoms with Crippen molar-refractivity contribution in [2.75, 3.05) is 26.8 Å². The Morgan fingerprint density at radius 2 is 2.10 bits per heavy atom. The summed E-state index contributed by atoms with van der Waals surface area (Å²) in [5, 5.41) is 0. The van der Waals surface area contributed by atoms with Crippen LogP contribution in [-0.4, -0.2) is 55.0 Å². The van der Waals surface area contributed by atoms with Crippen molar-refractivity contribution in [2.45, 2.75) is 44.8 Å². The summed E-state index contributed by atoms with van der Waals surface area (Å²) in [7, 11) is 1.35. The molecule has 0 aromatic carbocycles. The topological polar surface area (TPSA) is 65.1 Å². The standard InChI is InChI=1S/C15H23NO5/c1-14(2,3)21-13(18)16-7-6-15(10-16)11(5-8-20-15)9-12(17)19-4/h9H,5-8,10H2,1-4H3/b11-9-. The fourth-order valence-electron chi connectivity index (χ4n) is 2.73. The second-order valence-corrected chi connectivity index (χ2v) is 6.44. The van der Waals surface area contributed by atoms with Gasteiger partial charge in [0.25, 0.3) is 0 Å². The van der Waals surface area contributed by atoms with Gasteiger partial charge in [0.1, 0.15) is 11.2 Å². The van der Waals surface area contributed by atoms with Crippen LogP contribution in [0.4, 0.5) is 4.79 Å². The molecule has 2 fully saturated rings. The van der Waals surface area contributed by atoms with Gasteiger partial charge in [-0.25, -0.2) is 9.59 Å². The Bertz CT molecular complexity index is 465. The average Bonchev–Trinajstić information content (AvgIpc) is 2.96. The van der Waals surface area contributed by atoms with E-state index < -0.39 is 11.2 Å². The van der Waals surface area contributed by atoms with E-state index in [1.807, 2.05) is 20.8 Å². The largest absolute Gasteiger partial charge is 0.466 e. The van der Waals surface area contributed by atoms with Gasteiger partial charge < -0.3 is 19.1 Å². The van der Waals surface area contributed by atoms with Gasteiger partial charge in [-0.1, -0.05) is 0 Å². The Labute approximate surface area is 125 Å². The number of hydrogen-bond acceptors (Lipinski definition) is 5. The van der Waals surface area contributed by atoms with Crippen LogP contribution in [0.25, 0.3) is 0 Å². The Morgan fingerprint density at radius 1 is 1.38 bits per heavy atom. The van der Waals surface area contributed by atoms with E-state index in [9.17, 15) is 9.59 Å². The molecular formula is C15H23NO5. The first-order valence-corrected chi connectivity index (χ1v) is 7.17. The van der Waals surface area contributed by atoms with Crippen LogP contribution in [0.3, 0.4) is 0 Å². The third-order valence-electron chi connectivity index (χ3n) is 3.71. The fourth-order valence-corrected chi connectivity index (χ4v) is 2.73. The van der Waals surface area contributed by atoms with E-state index in [0.717, 1.165) is 5.57 Å². The molecule has 0 aromatic rings. The first kappa shape index (κ1) is 15.8. The molecule has 1 atom stereocenters. The summed E-state index contributed by atoms with van der Waals surface area (Å²) in [6.45, 7) is 7.06. The minimum atomic E-state index is -0.551. The predicted molar refractivity (Wildman–Crippen MR) is 75.8 cm³/mol. The number of nitrogens with zero attached hydrogens (tertiary/aromatic N) is 1. The van der Waals surface area contributed by atoms with Gasteiger partial charge in [-0.15, -0.1) is 0 Å². The van der Waals surface area contributed by atoms with Crippen molar-refractivity contribution in [3.63, 3.8) is 0 Å². The highest BCUT2D eigenvalue weighted by atomic mass is 16.6. The molecule has 1 amide bonds. The van der Waals surface area contributed by atoms with Gasteiger partial charge in [-0.3, -0.25) is 0 Å². The highest BCUT2D eigenvalue weighted by Gasteiger charge is 2.47. The predicted octanol–water partition coefficient (Wildman–Crippen LogP) is 1.89. The van der Waals surface area contributed by atoms with Crippen molar-refractivity contribution in [1.29, 1.82) is 0 Å². The molecule has 0 bridgehead atoms.